The summed E-state index contributed by atoms with van der Waals surface area (Å²) in [6, 6.07) is 9.84. The van der Waals surface area contributed by atoms with Gasteiger partial charge >= 0.3 is 6.09 Å². The van der Waals surface area contributed by atoms with Gasteiger partial charge in [0.2, 0.25) is 0 Å². The van der Waals surface area contributed by atoms with E-state index < -0.39 is 0 Å². The maximum atomic E-state index is 12.6. The molecular weight excluding hydrogens is 368 g/mol. The highest BCUT2D eigenvalue weighted by atomic mass is 16.6. The summed E-state index contributed by atoms with van der Waals surface area (Å²) in [5, 5.41) is 6.36. The molecule has 1 saturated heterocycles. The van der Waals surface area contributed by atoms with Crippen LogP contribution in [0.2, 0.25) is 0 Å². The molecule has 0 unspecified atom stereocenters. The van der Waals surface area contributed by atoms with Crippen molar-refractivity contribution in [3.05, 3.63) is 53.3 Å². The first-order valence-corrected chi connectivity index (χ1v) is 9.98. The van der Waals surface area contributed by atoms with Gasteiger partial charge in [-0.15, -0.1) is 0 Å². The predicted molar refractivity (Wildman–Crippen MR) is 113 cm³/mol. The molecule has 29 heavy (non-hydrogen) atoms. The van der Waals surface area contributed by atoms with Crippen molar-refractivity contribution in [2.24, 2.45) is 0 Å². The zero-order valence-electron chi connectivity index (χ0n) is 17.2. The minimum Gasteiger partial charge on any atom is -0.450 e. The molecule has 2 N–H and O–H groups in total. The van der Waals surface area contributed by atoms with Gasteiger partial charge in [-0.1, -0.05) is 6.07 Å². The van der Waals surface area contributed by atoms with Crippen molar-refractivity contribution in [1.29, 1.82) is 0 Å². The van der Waals surface area contributed by atoms with E-state index in [0.29, 0.717) is 38.2 Å². The molecule has 1 fully saturated rings. The number of pyridine rings is 1. The van der Waals surface area contributed by atoms with Gasteiger partial charge in [0, 0.05) is 36.7 Å². The smallest absolute Gasteiger partial charge is 0.409 e. The highest BCUT2D eigenvalue weighted by molar-refractivity contribution is 5.93. The third-order valence-corrected chi connectivity index (χ3v) is 4.86. The van der Waals surface area contributed by atoms with Gasteiger partial charge in [0.25, 0.3) is 5.91 Å². The summed E-state index contributed by atoms with van der Waals surface area (Å²) >= 11 is 0. The number of amides is 2. The molecule has 1 aliphatic rings. The molecule has 3 rings (SSSR count). The molecule has 0 radical (unpaired) electrons. The fraction of sp³-hybridized carbons (Fsp3) is 0.409. The van der Waals surface area contributed by atoms with Crippen LogP contribution in [0.15, 0.2) is 36.5 Å². The molecule has 1 aliphatic heterocycles. The van der Waals surface area contributed by atoms with Gasteiger partial charge in [-0.3, -0.25) is 9.78 Å². The van der Waals surface area contributed by atoms with E-state index in [1.165, 1.54) is 11.1 Å². The number of nitrogens with zero attached hydrogens (tertiary/aromatic N) is 2. The summed E-state index contributed by atoms with van der Waals surface area (Å²) < 4.78 is 5.03. The summed E-state index contributed by atoms with van der Waals surface area (Å²) in [7, 11) is 0. The third-order valence-electron chi connectivity index (χ3n) is 4.86. The summed E-state index contributed by atoms with van der Waals surface area (Å²) in [6.07, 6.45) is 2.74. The number of nitrogens with one attached hydrogen (secondary N) is 2. The predicted octanol–water partition coefficient (Wildman–Crippen LogP) is 3.79. The molecule has 1 aromatic heterocycles. The lowest BCUT2D eigenvalue weighted by molar-refractivity contribution is 0.0856. The molecule has 2 heterocycles. The highest BCUT2D eigenvalue weighted by Gasteiger charge is 2.25. The van der Waals surface area contributed by atoms with Crippen molar-refractivity contribution in [2.75, 3.05) is 25.0 Å². The van der Waals surface area contributed by atoms with Crippen LogP contribution in [0.3, 0.4) is 0 Å². The van der Waals surface area contributed by atoms with Crippen molar-refractivity contribution in [3.8, 4) is 0 Å². The molecule has 2 aromatic rings. The average Bonchev–Trinajstić information content (AvgIpc) is 2.68. The molecule has 7 nitrogen and oxygen atoms in total. The van der Waals surface area contributed by atoms with Crippen LogP contribution in [0.25, 0.3) is 0 Å². The van der Waals surface area contributed by atoms with Crippen LogP contribution in [0.1, 0.15) is 41.4 Å². The fourth-order valence-corrected chi connectivity index (χ4v) is 3.53. The first-order valence-electron chi connectivity index (χ1n) is 9.98. The number of aromatic nitrogens is 1. The summed E-state index contributed by atoms with van der Waals surface area (Å²) in [5.41, 5.74) is 4.51. The average molecular weight is 396 g/mol. The van der Waals surface area contributed by atoms with Crippen LogP contribution in [-0.4, -0.2) is 47.6 Å². The number of benzene rings is 1. The second kappa shape index (κ2) is 9.41. The van der Waals surface area contributed by atoms with Gasteiger partial charge in [0.1, 0.15) is 5.69 Å². The largest absolute Gasteiger partial charge is 0.450 e. The van der Waals surface area contributed by atoms with Crippen LogP contribution in [-0.2, 0) is 4.74 Å². The minimum atomic E-state index is -0.288. The van der Waals surface area contributed by atoms with Gasteiger partial charge < -0.3 is 20.3 Å². The van der Waals surface area contributed by atoms with Crippen LogP contribution in [0.5, 0.6) is 0 Å². The Morgan fingerprint density at radius 3 is 2.45 bits per heavy atom. The van der Waals surface area contributed by atoms with Gasteiger partial charge in [-0.05, 0) is 69.0 Å². The number of rotatable bonds is 5. The Morgan fingerprint density at radius 1 is 1.10 bits per heavy atom. The van der Waals surface area contributed by atoms with E-state index in [0.717, 1.165) is 11.4 Å². The first kappa shape index (κ1) is 20.6. The van der Waals surface area contributed by atoms with Gasteiger partial charge in [-0.2, -0.15) is 0 Å². The van der Waals surface area contributed by atoms with E-state index in [9.17, 15) is 9.59 Å². The number of carbonyl (C=O) groups excluding carboxylic acids is 2. The molecule has 0 aliphatic carbocycles. The number of piperidine rings is 1. The summed E-state index contributed by atoms with van der Waals surface area (Å²) in [5.74, 6) is -0.205. The number of carbonyl (C=O) groups is 2. The molecular formula is C22H28N4O3. The number of aryl methyl sites for hydroxylation is 2. The van der Waals surface area contributed by atoms with Crippen LogP contribution in [0.4, 0.5) is 16.2 Å². The lowest BCUT2D eigenvalue weighted by Crippen LogP contribution is -2.46. The second-order valence-electron chi connectivity index (χ2n) is 7.36. The van der Waals surface area contributed by atoms with Crippen molar-refractivity contribution < 1.29 is 14.3 Å². The molecule has 0 bridgehead atoms. The van der Waals surface area contributed by atoms with Crippen molar-refractivity contribution in [1.82, 2.24) is 15.2 Å². The molecule has 0 saturated carbocycles. The van der Waals surface area contributed by atoms with E-state index in [-0.39, 0.29) is 18.0 Å². The monoisotopic (exact) mass is 396 g/mol. The number of likely N-dealkylation sites (tertiary alicyclic amines) is 1. The lowest BCUT2D eigenvalue weighted by atomic mass is 10.1. The Kier molecular flexibility index (Phi) is 6.69. The van der Waals surface area contributed by atoms with E-state index >= 15 is 0 Å². The standard InChI is InChI=1S/C22H28N4O3/c1-4-29-22(28)26-9-6-17(7-10-26)25-21(27)20-14-18(5-8-23-20)24-19-12-15(2)11-16(3)13-19/h5,8,11-14,17H,4,6-7,9-10H2,1-3H3,(H,23,24)(H,25,27). The number of anilines is 2. The molecule has 0 atom stereocenters. The van der Waals surface area contributed by atoms with Crippen molar-refractivity contribution in [3.63, 3.8) is 0 Å². The summed E-state index contributed by atoms with van der Waals surface area (Å²) in [4.78, 5) is 30.3. The maximum Gasteiger partial charge on any atom is 0.409 e. The van der Waals surface area contributed by atoms with Crippen molar-refractivity contribution in [2.45, 2.75) is 39.7 Å². The Labute approximate surface area is 171 Å². The van der Waals surface area contributed by atoms with Gasteiger partial charge in [0.05, 0.1) is 6.61 Å². The van der Waals surface area contributed by atoms with Gasteiger partial charge in [0.15, 0.2) is 0 Å². The lowest BCUT2D eigenvalue weighted by Gasteiger charge is -2.31. The Bertz CT molecular complexity index is 856. The SMILES string of the molecule is CCOC(=O)N1CCC(NC(=O)c2cc(Nc3cc(C)cc(C)c3)ccn2)CC1. The summed E-state index contributed by atoms with van der Waals surface area (Å²) in [6.45, 7) is 7.42. The minimum absolute atomic E-state index is 0.0195. The van der Waals surface area contributed by atoms with Crippen LogP contribution < -0.4 is 10.6 Å². The van der Waals surface area contributed by atoms with Crippen LogP contribution >= 0.6 is 0 Å². The van der Waals surface area contributed by atoms with E-state index in [1.807, 2.05) is 6.07 Å². The molecule has 0 spiro atoms. The topological polar surface area (TPSA) is 83.6 Å². The molecule has 7 heteroatoms. The van der Waals surface area contributed by atoms with E-state index in [1.54, 1.807) is 24.1 Å². The Balaban J connectivity index is 1.58. The number of hydrogen-bond donors (Lipinski definition) is 2. The highest BCUT2D eigenvalue weighted by Crippen LogP contribution is 2.20. The second-order valence-corrected chi connectivity index (χ2v) is 7.36. The normalized spacial score (nSPS) is 14.4. The maximum absolute atomic E-state index is 12.6. The zero-order valence-corrected chi connectivity index (χ0v) is 17.2. The first-order chi connectivity index (χ1) is 13.9. The fourth-order valence-electron chi connectivity index (χ4n) is 3.53. The Hall–Kier alpha value is -3.09. The third kappa shape index (κ3) is 5.70. The molecule has 154 valence electrons. The quantitative estimate of drug-likeness (QED) is 0.803. The van der Waals surface area contributed by atoms with E-state index in [4.69, 9.17) is 4.74 Å². The zero-order chi connectivity index (χ0) is 20.8. The Morgan fingerprint density at radius 2 is 1.79 bits per heavy atom. The van der Waals surface area contributed by atoms with Crippen LogP contribution in [0, 0.1) is 13.8 Å². The number of hydrogen-bond acceptors (Lipinski definition) is 5. The number of ether oxygens (including phenoxy) is 1. The van der Waals surface area contributed by atoms with Crippen molar-refractivity contribution >= 4 is 23.4 Å². The van der Waals surface area contributed by atoms with Gasteiger partial charge in [-0.25, -0.2) is 4.79 Å². The van der Waals surface area contributed by atoms with E-state index in [2.05, 4.69) is 47.7 Å². The molecule has 2 amide bonds. The molecule has 1 aromatic carbocycles.